The van der Waals surface area contributed by atoms with Gasteiger partial charge in [0.1, 0.15) is 0 Å². The van der Waals surface area contributed by atoms with Gasteiger partial charge in [0.05, 0.1) is 18.9 Å². The third kappa shape index (κ3) is 3.22. The molecule has 2 fully saturated rings. The number of hydrogen-bond donors (Lipinski definition) is 0. The molecule has 0 N–H and O–H groups in total. The molecule has 132 valence electrons. The first kappa shape index (κ1) is 16.1. The van der Waals surface area contributed by atoms with Crippen molar-refractivity contribution in [1.29, 1.82) is 0 Å². The number of hydrogen-bond acceptors (Lipinski definition) is 4. The molecule has 24 heavy (non-hydrogen) atoms. The molecular weight excluding hydrogens is 304 g/mol. The van der Waals surface area contributed by atoms with Crippen LogP contribution in [0.2, 0.25) is 0 Å². The van der Waals surface area contributed by atoms with Crippen LogP contribution < -0.4 is 0 Å². The van der Waals surface area contributed by atoms with Gasteiger partial charge in [0.2, 0.25) is 5.91 Å². The third-order valence-electron chi connectivity index (χ3n) is 5.48. The minimum absolute atomic E-state index is 0.334. The molecule has 1 aromatic rings. The van der Waals surface area contributed by atoms with E-state index in [0.717, 1.165) is 71.6 Å². The fourth-order valence-corrected chi connectivity index (χ4v) is 3.92. The van der Waals surface area contributed by atoms with Crippen LogP contribution in [0.5, 0.6) is 0 Å². The topological polar surface area (TPSA) is 50.6 Å². The van der Waals surface area contributed by atoms with E-state index in [1.807, 2.05) is 0 Å². The lowest BCUT2D eigenvalue weighted by molar-refractivity contribution is -0.132. The molecule has 0 unspecified atom stereocenters. The molecule has 0 atom stereocenters. The maximum atomic E-state index is 12.3. The van der Waals surface area contributed by atoms with Gasteiger partial charge in [0, 0.05) is 62.9 Å². The van der Waals surface area contributed by atoms with E-state index >= 15 is 0 Å². The monoisotopic (exact) mass is 332 g/mol. The van der Waals surface area contributed by atoms with E-state index in [-0.39, 0.29) is 0 Å². The summed E-state index contributed by atoms with van der Waals surface area (Å²) in [5.74, 6) is 0.721. The molecule has 1 amide bonds. The Morgan fingerprint density at radius 1 is 1.25 bits per heavy atom. The van der Waals surface area contributed by atoms with Gasteiger partial charge in [-0.1, -0.05) is 0 Å². The summed E-state index contributed by atoms with van der Waals surface area (Å²) in [5, 5.41) is 4.84. The smallest absolute Gasteiger partial charge is 0.225 e. The van der Waals surface area contributed by atoms with Crippen LogP contribution in [0.3, 0.4) is 0 Å². The van der Waals surface area contributed by atoms with E-state index in [2.05, 4.69) is 21.4 Å². The van der Waals surface area contributed by atoms with Gasteiger partial charge in [-0.2, -0.15) is 5.10 Å². The summed E-state index contributed by atoms with van der Waals surface area (Å²) in [6.45, 7) is 9.23. The standard InChI is InChI=1S/C18H28N4O2/c1-2-22-17-6-11-24-13-15(17)16(19-22)12-20-7-3-8-21(10-9-20)18(23)14-4-5-14/h14H,2-13H2,1H3. The van der Waals surface area contributed by atoms with E-state index in [0.29, 0.717) is 18.4 Å². The minimum Gasteiger partial charge on any atom is -0.376 e. The predicted octanol–water partition coefficient (Wildman–Crippen LogP) is 1.42. The number of aromatic nitrogens is 2. The van der Waals surface area contributed by atoms with Gasteiger partial charge in [-0.25, -0.2) is 0 Å². The first-order valence-corrected chi connectivity index (χ1v) is 9.42. The Morgan fingerprint density at radius 3 is 2.92 bits per heavy atom. The fraction of sp³-hybridized carbons (Fsp3) is 0.778. The second-order valence-corrected chi connectivity index (χ2v) is 7.22. The highest BCUT2D eigenvalue weighted by molar-refractivity contribution is 5.81. The molecule has 0 bridgehead atoms. The average Bonchev–Trinajstić information content (AvgIpc) is 3.42. The van der Waals surface area contributed by atoms with Gasteiger partial charge in [-0.15, -0.1) is 0 Å². The van der Waals surface area contributed by atoms with Crippen LogP contribution in [0.25, 0.3) is 0 Å². The molecule has 4 rings (SSSR count). The summed E-state index contributed by atoms with van der Waals surface area (Å²) in [5.41, 5.74) is 3.84. The van der Waals surface area contributed by atoms with Crippen LogP contribution in [-0.4, -0.2) is 58.3 Å². The summed E-state index contributed by atoms with van der Waals surface area (Å²) in [7, 11) is 0. The van der Waals surface area contributed by atoms with Crippen molar-refractivity contribution in [1.82, 2.24) is 19.6 Å². The number of nitrogens with zero attached hydrogens (tertiary/aromatic N) is 4. The predicted molar refractivity (Wildman–Crippen MR) is 90.5 cm³/mol. The Kier molecular flexibility index (Phi) is 4.59. The van der Waals surface area contributed by atoms with Crippen molar-refractivity contribution in [3.05, 3.63) is 17.0 Å². The van der Waals surface area contributed by atoms with Gasteiger partial charge >= 0.3 is 0 Å². The van der Waals surface area contributed by atoms with Crippen LogP contribution in [0.4, 0.5) is 0 Å². The number of carbonyl (C=O) groups excluding carboxylic acids is 1. The van der Waals surface area contributed by atoms with Crippen LogP contribution in [-0.2, 0) is 35.6 Å². The number of ether oxygens (including phenoxy) is 1. The highest BCUT2D eigenvalue weighted by Gasteiger charge is 2.34. The zero-order valence-electron chi connectivity index (χ0n) is 14.7. The fourth-order valence-electron chi connectivity index (χ4n) is 3.92. The zero-order valence-corrected chi connectivity index (χ0v) is 14.7. The molecule has 3 heterocycles. The van der Waals surface area contributed by atoms with Crippen molar-refractivity contribution >= 4 is 5.91 Å². The molecule has 0 aromatic carbocycles. The largest absolute Gasteiger partial charge is 0.376 e. The van der Waals surface area contributed by atoms with Crippen LogP contribution in [0, 0.1) is 5.92 Å². The van der Waals surface area contributed by atoms with E-state index < -0.39 is 0 Å². The number of aryl methyl sites for hydroxylation is 1. The van der Waals surface area contributed by atoms with Gasteiger partial charge in [0.25, 0.3) is 0 Å². The Morgan fingerprint density at radius 2 is 2.12 bits per heavy atom. The van der Waals surface area contributed by atoms with E-state index in [4.69, 9.17) is 9.84 Å². The van der Waals surface area contributed by atoms with Crippen LogP contribution >= 0.6 is 0 Å². The molecule has 6 heteroatoms. The second kappa shape index (κ2) is 6.84. The van der Waals surface area contributed by atoms with Gasteiger partial charge in [0.15, 0.2) is 0 Å². The maximum absolute atomic E-state index is 12.3. The summed E-state index contributed by atoms with van der Waals surface area (Å²) in [6, 6.07) is 0. The minimum atomic E-state index is 0.334. The van der Waals surface area contributed by atoms with Gasteiger partial charge in [-0.3, -0.25) is 14.4 Å². The van der Waals surface area contributed by atoms with E-state index in [1.165, 1.54) is 17.0 Å². The van der Waals surface area contributed by atoms with Crippen molar-refractivity contribution in [2.75, 3.05) is 32.8 Å². The quantitative estimate of drug-likeness (QED) is 0.837. The van der Waals surface area contributed by atoms with E-state index in [9.17, 15) is 4.79 Å². The molecule has 1 saturated carbocycles. The highest BCUT2D eigenvalue weighted by atomic mass is 16.5. The van der Waals surface area contributed by atoms with Crippen molar-refractivity contribution in [3.63, 3.8) is 0 Å². The summed E-state index contributed by atoms with van der Waals surface area (Å²) in [4.78, 5) is 16.8. The molecule has 0 spiro atoms. The Bertz CT molecular complexity index is 608. The molecule has 6 nitrogen and oxygen atoms in total. The van der Waals surface area contributed by atoms with Crippen LogP contribution in [0.1, 0.15) is 43.1 Å². The molecule has 0 radical (unpaired) electrons. The van der Waals surface area contributed by atoms with E-state index in [1.54, 1.807) is 0 Å². The summed E-state index contributed by atoms with van der Waals surface area (Å²) >= 11 is 0. The van der Waals surface area contributed by atoms with Crippen molar-refractivity contribution in [2.24, 2.45) is 5.92 Å². The lowest BCUT2D eigenvalue weighted by atomic mass is 10.1. The lowest BCUT2D eigenvalue weighted by Crippen LogP contribution is -2.36. The van der Waals surface area contributed by atoms with Crippen molar-refractivity contribution in [2.45, 2.75) is 52.3 Å². The summed E-state index contributed by atoms with van der Waals surface area (Å²) in [6.07, 6.45) is 4.23. The Balaban J connectivity index is 1.42. The normalized spacial score (nSPS) is 22.3. The summed E-state index contributed by atoms with van der Waals surface area (Å²) < 4.78 is 7.81. The highest BCUT2D eigenvalue weighted by Crippen LogP contribution is 2.31. The maximum Gasteiger partial charge on any atom is 0.225 e. The molecular formula is C18H28N4O2. The number of carbonyl (C=O) groups is 1. The first-order valence-electron chi connectivity index (χ1n) is 9.42. The molecule has 1 aromatic heterocycles. The lowest BCUT2D eigenvalue weighted by Gasteiger charge is -2.22. The zero-order chi connectivity index (χ0) is 16.5. The molecule has 3 aliphatic rings. The SMILES string of the molecule is CCn1nc(CN2CCCN(C(=O)C3CC3)CC2)c2c1CCOC2. The molecule has 2 aliphatic heterocycles. The first-order chi connectivity index (χ1) is 11.8. The average molecular weight is 332 g/mol. The number of fused-ring (bicyclic) bond motifs is 1. The van der Waals surface area contributed by atoms with Crippen molar-refractivity contribution < 1.29 is 9.53 Å². The number of amides is 1. The van der Waals surface area contributed by atoms with Crippen molar-refractivity contribution in [3.8, 4) is 0 Å². The van der Waals surface area contributed by atoms with Crippen LogP contribution in [0.15, 0.2) is 0 Å². The number of rotatable bonds is 4. The Hall–Kier alpha value is -1.40. The van der Waals surface area contributed by atoms with Gasteiger partial charge < -0.3 is 9.64 Å². The molecule has 1 saturated heterocycles. The third-order valence-corrected chi connectivity index (χ3v) is 5.48. The molecule has 1 aliphatic carbocycles. The Labute approximate surface area is 143 Å². The van der Waals surface area contributed by atoms with Gasteiger partial charge in [-0.05, 0) is 26.2 Å². The second-order valence-electron chi connectivity index (χ2n) is 7.22.